The van der Waals surface area contributed by atoms with Gasteiger partial charge in [-0.3, -0.25) is 4.98 Å². The van der Waals surface area contributed by atoms with Crippen LogP contribution in [-0.2, 0) is 5.54 Å². The van der Waals surface area contributed by atoms with Crippen molar-refractivity contribution >= 4 is 12.3 Å². The number of aryl methyl sites for hydroxylation is 1. The molecule has 0 saturated carbocycles. The van der Waals surface area contributed by atoms with Gasteiger partial charge in [0.25, 0.3) is 0 Å². The van der Waals surface area contributed by atoms with Crippen molar-refractivity contribution in [2.24, 2.45) is 0 Å². The zero-order valence-corrected chi connectivity index (χ0v) is 11.6. The molecule has 1 aromatic heterocycles. The summed E-state index contributed by atoms with van der Waals surface area (Å²) in [5.74, 6) is 0. The molecule has 2 heteroatoms. The fourth-order valence-corrected chi connectivity index (χ4v) is 2.79. The molecule has 19 heavy (non-hydrogen) atoms. The van der Waals surface area contributed by atoms with Crippen molar-refractivity contribution in [3.05, 3.63) is 64.3 Å². The van der Waals surface area contributed by atoms with E-state index < -0.39 is 0 Å². The first-order chi connectivity index (χ1) is 9.11. The Morgan fingerprint density at radius 2 is 1.89 bits per heavy atom. The van der Waals surface area contributed by atoms with Crippen LogP contribution in [0.4, 0.5) is 0 Å². The first-order valence-electron chi connectivity index (χ1n) is 6.56. The van der Waals surface area contributed by atoms with Crippen molar-refractivity contribution in [2.45, 2.75) is 19.4 Å². The number of hydrogen-bond acceptors (Lipinski definition) is 2. The van der Waals surface area contributed by atoms with Crippen molar-refractivity contribution in [3.63, 3.8) is 0 Å². The molecule has 1 aliphatic heterocycles. The molecule has 96 valence electrons. The highest BCUT2D eigenvalue weighted by molar-refractivity contribution is 5.53. The number of nitrogens with zero attached hydrogens (tertiary/aromatic N) is 2. The summed E-state index contributed by atoms with van der Waals surface area (Å²) >= 11 is 0. The van der Waals surface area contributed by atoms with Crippen molar-refractivity contribution < 1.29 is 0 Å². The Balaban J connectivity index is 2.27. The van der Waals surface area contributed by atoms with Gasteiger partial charge < -0.3 is 4.90 Å². The van der Waals surface area contributed by atoms with Crippen molar-refractivity contribution in [1.82, 2.24) is 9.88 Å². The number of fused-ring (bicyclic) bond motifs is 1. The average molecular weight is 250 g/mol. The third-order valence-electron chi connectivity index (χ3n) is 4.05. The number of aromatic nitrogens is 1. The fraction of sp³-hybridized carbons (Fsp3) is 0.235. The van der Waals surface area contributed by atoms with Crippen LogP contribution < -0.4 is 10.6 Å². The molecule has 2 heterocycles. The highest BCUT2D eigenvalue weighted by atomic mass is 15.2. The van der Waals surface area contributed by atoms with Crippen molar-refractivity contribution in [2.75, 3.05) is 7.05 Å². The van der Waals surface area contributed by atoms with Crippen LogP contribution in [0.1, 0.15) is 18.1 Å². The van der Waals surface area contributed by atoms with Crippen molar-refractivity contribution in [3.8, 4) is 0 Å². The van der Waals surface area contributed by atoms with E-state index in [0.29, 0.717) is 0 Å². The number of hydrogen-bond donors (Lipinski definition) is 0. The minimum absolute atomic E-state index is 0.124. The molecular formula is C17H18N2. The Kier molecular flexibility index (Phi) is 2.67. The van der Waals surface area contributed by atoms with E-state index in [1.807, 2.05) is 12.3 Å². The van der Waals surface area contributed by atoms with Gasteiger partial charge >= 0.3 is 0 Å². The predicted molar refractivity (Wildman–Crippen MR) is 78.7 cm³/mol. The highest BCUT2D eigenvalue weighted by Crippen LogP contribution is 2.32. The zero-order chi connectivity index (χ0) is 13.5. The van der Waals surface area contributed by atoms with Crippen LogP contribution in [0.25, 0.3) is 12.3 Å². The number of rotatable bonds is 1. The fourth-order valence-electron chi connectivity index (χ4n) is 2.79. The maximum absolute atomic E-state index is 4.42. The normalized spacial score (nSPS) is 21.3. The Bertz CT molecular complexity index is 733. The van der Waals surface area contributed by atoms with Gasteiger partial charge in [0.05, 0.1) is 10.9 Å². The van der Waals surface area contributed by atoms with Crippen LogP contribution in [0.3, 0.4) is 0 Å². The third-order valence-corrected chi connectivity index (χ3v) is 4.05. The predicted octanol–water partition coefficient (Wildman–Crippen LogP) is 1.77. The molecule has 0 fully saturated rings. The van der Waals surface area contributed by atoms with Gasteiger partial charge in [-0.15, -0.1) is 0 Å². The molecule has 0 spiro atoms. The van der Waals surface area contributed by atoms with E-state index in [4.69, 9.17) is 0 Å². The molecule has 0 radical (unpaired) electrons. The van der Waals surface area contributed by atoms with E-state index in [0.717, 1.165) is 5.35 Å². The van der Waals surface area contributed by atoms with Crippen LogP contribution in [0.2, 0.25) is 0 Å². The Morgan fingerprint density at radius 3 is 2.68 bits per heavy atom. The van der Waals surface area contributed by atoms with Crippen LogP contribution in [-0.4, -0.2) is 16.9 Å². The largest absolute Gasteiger partial charge is 0.366 e. The summed E-state index contributed by atoms with van der Waals surface area (Å²) in [7, 11) is 2.11. The van der Waals surface area contributed by atoms with E-state index >= 15 is 0 Å². The molecule has 0 aliphatic carbocycles. The van der Waals surface area contributed by atoms with Gasteiger partial charge in [-0.25, -0.2) is 0 Å². The molecule has 1 unspecified atom stereocenters. The van der Waals surface area contributed by atoms with Crippen LogP contribution in [0.5, 0.6) is 0 Å². The summed E-state index contributed by atoms with van der Waals surface area (Å²) < 4.78 is 0. The SMILES string of the molecule is Cc1ccccc1C1(C)C=c2cccnc2=CN1C. The molecule has 1 aromatic carbocycles. The lowest BCUT2D eigenvalue weighted by molar-refractivity contribution is 0.308. The summed E-state index contributed by atoms with van der Waals surface area (Å²) in [6.07, 6.45) is 6.27. The van der Waals surface area contributed by atoms with Gasteiger partial charge in [0.1, 0.15) is 0 Å². The summed E-state index contributed by atoms with van der Waals surface area (Å²) in [5.41, 5.74) is 2.53. The molecule has 2 nitrogen and oxygen atoms in total. The lowest BCUT2D eigenvalue weighted by Gasteiger charge is -2.39. The summed E-state index contributed by atoms with van der Waals surface area (Å²) in [5, 5.41) is 2.24. The number of pyridine rings is 1. The van der Waals surface area contributed by atoms with E-state index in [1.54, 1.807) is 0 Å². The summed E-state index contributed by atoms with van der Waals surface area (Å²) in [6, 6.07) is 12.7. The van der Waals surface area contributed by atoms with E-state index in [-0.39, 0.29) is 5.54 Å². The minimum Gasteiger partial charge on any atom is -0.366 e. The van der Waals surface area contributed by atoms with Crippen LogP contribution >= 0.6 is 0 Å². The monoisotopic (exact) mass is 250 g/mol. The molecule has 1 atom stereocenters. The Hall–Kier alpha value is -2.09. The quantitative estimate of drug-likeness (QED) is 0.767. The maximum Gasteiger partial charge on any atom is 0.0858 e. The number of benzene rings is 1. The summed E-state index contributed by atoms with van der Waals surface area (Å²) in [4.78, 5) is 6.66. The van der Waals surface area contributed by atoms with E-state index in [2.05, 4.69) is 73.4 Å². The van der Waals surface area contributed by atoms with Crippen molar-refractivity contribution in [1.29, 1.82) is 0 Å². The zero-order valence-electron chi connectivity index (χ0n) is 11.6. The van der Waals surface area contributed by atoms with Gasteiger partial charge in [-0.2, -0.15) is 0 Å². The second-order valence-electron chi connectivity index (χ2n) is 5.32. The first-order valence-corrected chi connectivity index (χ1v) is 6.56. The minimum atomic E-state index is -0.124. The highest BCUT2D eigenvalue weighted by Gasteiger charge is 2.30. The molecule has 0 amide bonds. The van der Waals surface area contributed by atoms with Crippen LogP contribution in [0, 0.1) is 6.92 Å². The standard InChI is InChI=1S/C17H18N2/c1-13-7-4-5-9-15(13)17(2)11-14-8-6-10-18-16(14)12-19(17)3/h4-12H,1-3H3. The lowest BCUT2D eigenvalue weighted by Crippen LogP contribution is -2.46. The van der Waals surface area contributed by atoms with Gasteiger partial charge in [0, 0.05) is 24.7 Å². The molecular weight excluding hydrogens is 232 g/mol. The van der Waals surface area contributed by atoms with Gasteiger partial charge in [0.2, 0.25) is 0 Å². The molecule has 1 aliphatic rings. The lowest BCUT2D eigenvalue weighted by atomic mass is 9.85. The molecule has 0 N–H and O–H groups in total. The van der Waals surface area contributed by atoms with Crippen LogP contribution in [0.15, 0.2) is 42.6 Å². The topological polar surface area (TPSA) is 16.1 Å². The van der Waals surface area contributed by atoms with Gasteiger partial charge in [0.15, 0.2) is 0 Å². The smallest absolute Gasteiger partial charge is 0.0858 e. The van der Waals surface area contributed by atoms with E-state index in [1.165, 1.54) is 16.3 Å². The Morgan fingerprint density at radius 1 is 1.11 bits per heavy atom. The van der Waals surface area contributed by atoms with Gasteiger partial charge in [-0.1, -0.05) is 30.3 Å². The molecule has 3 rings (SSSR count). The molecule has 0 saturated heterocycles. The average Bonchev–Trinajstić information content (AvgIpc) is 2.40. The maximum atomic E-state index is 4.42. The Labute approximate surface area is 113 Å². The third kappa shape index (κ3) is 1.84. The molecule has 0 bridgehead atoms. The first kappa shape index (κ1) is 12.0. The summed E-state index contributed by atoms with van der Waals surface area (Å²) in [6.45, 7) is 4.42. The van der Waals surface area contributed by atoms with Gasteiger partial charge in [-0.05, 0) is 37.1 Å². The second kappa shape index (κ2) is 4.23. The molecule has 2 aromatic rings. The van der Waals surface area contributed by atoms with E-state index in [9.17, 15) is 0 Å². The second-order valence-corrected chi connectivity index (χ2v) is 5.32.